The summed E-state index contributed by atoms with van der Waals surface area (Å²) in [6.45, 7) is 0. The second-order valence-corrected chi connectivity index (χ2v) is 7.59. The third-order valence-corrected chi connectivity index (χ3v) is 5.57. The monoisotopic (exact) mass is 436 g/mol. The number of hydrogen-bond donors (Lipinski definition) is 2. The zero-order valence-corrected chi connectivity index (χ0v) is 17.5. The fraction of sp³-hybridized carbons (Fsp3) is 0.0400. The molecule has 6 aromatic rings. The fourth-order valence-electron chi connectivity index (χ4n) is 3.94. The quantitative estimate of drug-likeness (QED) is 0.387. The topological polar surface area (TPSA) is 92.4 Å². The lowest BCUT2D eigenvalue weighted by atomic mass is 10.1. The number of rotatable bonds is 4. The number of hydrogen-bond acceptors (Lipinski definition) is 5. The van der Waals surface area contributed by atoms with Crippen molar-refractivity contribution in [3.63, 3.8) is 0 Å². The summed E-state index contributed by atoms with van der Waals surface area (Å²) < 4.78 is 18.7. The van der Waals surface area contributed by atoms with Crippen molar-refractivity contribution in [3.05, 3.63) is 79.0 Å². The molecular weight excluding hydrogens is 419 g/mol. The molecule has 33 heavy (non-hydrogen) atoms. The molecule has 160 valence electrons. The van der Waals surface area contributed by atoms with E-state index in [1.54, 1.807) is 37.8 Å². The molecule has 0 aliphatic heterocycles. The smallest absolute Gasteiger partial charge is 0.137 e. The zero-order valence-electron chi connectivity index (χ0n) is 17.5. The van der Waals surface area contributed by atoms with Crippen molar-refractivity contribution in [1.29, 1.82) is 0 Å². The van der Waals surface area contributed by atoms with E-state index in [4.69, 9.17) is 9.72 Å². The molecule has 2 N–H and O–H groups in total. The maximum absolute atomic E-state index is 13.4. The van der Waals surface area contributed by atoms with Gasteiger partial charge >= 0.3 is 0 Å². The Morgan fingerprint density at radius 2 is 1.76 bits per heavy atom. The van der Waals surface area contributed by atoms with Crippen LogP contribution in [-0.4, -0.2) is 37.2 Å². The molecule has 0 spiro atoms. The Hall–Kier alpha value is -4.59. The van der Waals surface area contributed by atoms with Gasteiger partial charge in [0.25, 0.3) is 0 Å². The highest BCUT2D eigenvalue weighted by Gasteiger charge is 2.16. The molecule has 8 heteroatoms. The lowest BCUT2D eigenvalue weighted by molar-refractivity contribution is 0.413. The molecule has 0 atom stereocenters. The molecule has 0 aliphatic carbocycles. The van der Waals surface area contributed by atoms with Gasteiger partial charge in [0.15, 0.2) is 0 Å². The summed E-state index contributed by atoms with van der Waals surface area (Å²) in [5.41, 5.74) is 7.19. The first-order valence-electron chi connectivity index (χ1n) is 10.3. The van der Waals surface area contributed by atoms with Gasteiger partial charge in [-0.25, -0.2) is 9.37 Å². The van der Waals surface area contributed by atoms with Crippen LogP contribution in [0.1, 0.15) is 0 Å². The number of nitrogens with zero attached hydrogens (tertiary/aromatic N) is 4. The highest BCUT2D eigenvalue weighted by molar-refractivity contribution is 5.99. The van der Waals surface area contributed by atoms with Crippen molar-refractivity contribution in [1.82, 2.24) is 30.1 Å². The summed E-state index contributed by atoms with van der Waals surface area (Å²) in [4.78, 5) is 17.0. The standard InChI is InChI=1S/C25H17FN6O/c1-33-17-10-15(12-27-13-17)19-6-7-21-24(30-19)25(32-31-21)22-11-18-20(29-22)8-9-28-23(18)14-2-4-16(26)5-3-14/h2-13,29H,1H3,(H,31,32). The Bertz CT molecular complexity index is 1620. The number of H-pyrrole nitrogens is 2. The number of aromatic nitrogens is 6. The summed E-state index contributed by atoms with van der Waals surface area (Å²) in [5.74, 6) is 0.384. The van der Waals surface area contributed by atoms with Gasteiger partial charge in [0.05, 0.1) is 35.9 Å². The molecule has 6 rings (SSSR count). The van der Waals surface area contributed by atoms with Gasteiger partial charge in [-0.05, 0) is 54.6 Å². The van der Waals surface area contributed by atoms with Gasteiger partial charge in [0.1, 0.15) is 22.8 Å². The van der Waals surface area contributed by atoms with E-state index in [2.05, 4.69) is 25.1 Å². The lowest BCUT2D eigenvalue weighted by Gasteiger charge is -2.04. The number of benzene rings is 1. The van der Waals surface area contributed by atoms with Crippen LogP contribution in [-0.2, 0) is 0 Å². The van der Waals surface area contributed by atoms with E-state index < -0.39 is 0 Å². The van der Waals surface area contributed by atoms with Crippen LogP contribution in [0.3, 0.4) is 0 Å². The van der Waals surface area contributed by atoms with Crippen LogP contribution < -0.4 is 4.74 Å². The lowest BCUT2D eigenvalue weighted by Crippen LogP contribution is -1.89. The SMILES string of the molecule is COc1cncc(-c2ccc3[nH]nc(-c4cc5c(-c6ccc(F)cc6)nccc5[nH]4)c3n2)c1. The van der Waals surface area contributed by atoms with Crippen LogP contribution in [0.15, 0.2) is 73.2 Å². The van der Waals surface area contributed by atoms with E-state index in [1.165, 1.54) is 12.1 Å². The largest absolute Gasteiger partial charge is 0.495 e. The first kappa shape index (κ1) is 19.1. The zero-order chi connectivity index (χ0) is 22.4. The second-order valence-electron chi connectivity index (χ2n) is 7.59. The highest BCUT2D eigenvalue weighted by Crippen LogP contribution is 2.33. The first-order valence-corrected chi connectivity index (χ1v) is 10.3. The number of aromatic amines is 2. The molecule has 5 heterocycles. The van der Waals surface area contributed by atoms with Crippen molar-refractivity contribution in [2.75, 3.05) is 7.11 Å². The van der Waals surface area contributed by atoms with Gasteiger partial charge in [-0.3, -0.25) is 15.1 Å². The molecule has 0 saturated heterocycles. The minimum Gasteiger partial charge on any atom is -0.495 e. The van der Waals surface area contributed by atoms with Gasteiger partial charge in [-0.2, -0.15) is 5.10 Å². The Kier molecular flexibility index (Phi) is 4.36. The van der Waals surface area contributed by atoms with Crippen LogP contribution in [0.4, 0.5) is 4.39 Å². The number of halogens is 1. The van der Waals surface area contributed by atoms with Crippen LogP contribution in [0, 0.1) is 5.82 Å². The van der Waals surface area contributed by atoms with Gasteiger partial charge in [-0.15, -0.1) is 0 Å². The Balaban J connectivity index is 1.48. The van der Waals surface area contributed by atoms with Gasteiger partial charge in [0, 0.05) is 34.4 Å². The van der Waals surface area contributed by atoms with Gasteiger partial charge < -0.3 is 9.72 Å². The first-order chi connectivity index (χ1) is 16.2. The maximum atomic E-state index is 13.4. The van der Waals surface area contributed by atoms with Crippen LogP contribution in [0.2, 0.25) is 0 Å². The predicted octanol–water partition coefficient (Wildman–Crippen LogP) is 5.38. The number of fused-ring (bicyclic) bond motifs is 2. The number of ether oxygens (including phenoxy) is 1. The number of methoxy groups -OCH3 is 1. The van der Waals surface area contributed by atoms with E-state index in [-0.39, 0.29) is 5.82 Å². The minimum absolute atomic E-state index is 0.281. The summed E-state index contributed by atoms with van der Waals surface area (Å²) >= 11 is 0. The third kappa shape index (κ3) is 3.28. The Labute approximate surface area is 187 Å². The van der Waals surface area contributed by atoms with Crippen LogP contribution in [0.5, 0.6) is 5.75 Å². The van der Waals surface area contributed by atoms with Crippen molar-refractivity contribution in [2.24, 2.45) is 0 Å². The minimum atomic E-state index is -0.281. The summed E-state index contributed by atoms with van der Waals surface area (Å²) in [7, 11) is 1.61. The Morgan fingerprint density at radius 3 is 2.61 bits per heavy atom. The highest BCUT2D eigenvalue weighted by atomic mass is 19.1. The average Bonchev–Trinajstić information content (AvgIpc) is 3.48. The van der Waals surface area contributed by atoms with Gasteiger partial charge in [0.2, 0.25) is 0 Å². The van der Waals surface area contributed by atoms with Gasteiger partial charge in [-0.1, -0.05) is 0 Å². The summed E-state index contributed by atoms with van der Waals surface area (Å²) in [5, 5.41) is 8.49. The molecule has 0 unspecified atom stereocenters. The van der Waals surface area contributed by atoms with Crippen molar-refractivity contribution < 1.29 is 9.13 Å². The molecule has 0 bridgehead atoms. The molecule has 0 aliphatic rings. The predicted molar refractivity (Wildman–Crippen MR) is 124 cm³/mol. The van der Waals surface area contributed by atoms with E-state index in [1.807, 2.05) is 30.3 Å². The van der Waals surface area contributed by atoms with E-state index in [9.17, 15) is 4.39 Å². The van der Waals surface area contributed by atoms with Crippen LogP contribution in [0.25, 0.3) is 55.8 Å². The van der Waals surface area contributed by atoms with E-state index in [0.717, 1.165) is 50.1 Å². The molecule has 0 amide bonds. The second kappa shape index (κ2) is 7.52. The average molecular weight is 436 g/mol. The number of nitrogens with one attached hydrogen (secondary N) is 2. The van der Waals surface area contributed by atoms with E-state index >= 15 is 0 Å². The third-order valence-electron chi connectivity index (χ3n) is 5.57. The molecule has 0 radical (unpaired) electrons. The van der Waals surface area contributed by atoms with E-state index in [0.29, 0.717) is 11.4 Å². The Morgan fingerprint density at radius 1 is 0.879 bits per heavy atom. The van der Waals surface area contributed by atoms with Crippen molar-refractivity contribution >= 4 is 21.9 Å². The summed E-state index contributed by atoms with van der Waals surface area (Å²) in [6.07, 6.45) is 5.14. The molecule has 0 fully saturated rings. The summed E-state index contributed by atoms with van der Waals surface area (Å²) in [6, 6.07) is 16.0. The normalized spacial score (nSPS) is 11.3. The van der Waals surface area contributed by atoms with Crippen molar-refractivity contribution in [3.8, 4) is 39.7 Å². The van der Waals surface area contributed by atoms with Crippen LogP contribution >= 0.6 is 0 Å². The molecule has 1 aromatic carbocycles. The molecule has 0 saturated carbocycles. The maximum Gasteiger partial charge on any atom is 0.137 e. The molecule has 7 nitrogen and oxygen atoms in total. The molecular formula is C25H17FN6O. The molecule has 5 aromatic heterocycles. The fourth-order valence-corrected chi connectivity index (χ4v) is 3.94. The van der Waals surface area contributed by atoms with Crippen molar-refractivity contribution in [2.45, 2.75) is 0 Å². The number of pyridine rings is 3.